The second-order valence-corrected chi connectivity index (χ2v) is 7.30. The molecule has 0 amide bonds. The van der Waals surface area contributed by atoms with E-state index in [4.69, 9.17) is 4.74 Å². The van der Waals surface area contributed by atoms with Crippen LogP contribution in [0.5, 0.6) is 5.75 Å². The number of aliphatic hydroxyl groups excluding tert-OH is 1. The van der Waals surface area contributed by atoms with Crippen LogP contribution >= 0.6 is 0 Å². The highest BCUT2D eigenvalue weighted by Crippen LogP contribution is 2.19. The second kappa shape index (κ2) is 9.17. The van der Waals surface area contributed by atoms with Gasteiger partial charge in [-0.2, -0.15) is 0 Å². The number of piperazine rings is 1. The molecule has 0 aromatic heterocycles. The van der Waals surface area contributed by atoms with E-state index in [0.29, 0.717) is 13.2 Å². The average Bonchev–Trinajstić information content (AvgIpc) is 2.63. The fraction of sp³-hybridized carbons (Fsp3) is 0.455. The Balaban J connectivity index is 1.38. The van der Waals surface area contributed by atoms with Crippen LogP contribution in [-0.4, -0.2) is 60.3 Å². The Morgan fingerprint density at radius 1 is 0.962 bits per heavy atom. The summed E-state index contributed by atoms with van der Waals surface area (Å²) in [6, 6.07) is 16.7. The van der Waals surface area contributed by atoms with Gasteiger partial charge in [0.05, 0.1) is 0 Å². The molecule has 140 valence electrons. The van der Waals surface area contributed by atoms with E-state index in [1.165, 1.54) is 11.1 Å². The Bertz CT molecular complexity index is 682. The van der Waals surface area contributed by atoms with E-state index >= 15 is 0 Å². The average molecular weight is 354 g/mol. The third-order valence-electron chi connectivity index (χ3n) is 4.94. The third kappa shape index (κ3) is 5.56. The van der Waals surface area contributed by atoms with Crippen molar-refractivity contribution in [1.82, 2.24) is 9.80 Å². The first-order valence-electron chi connectivity index (χ1n) is 9.47. The zero-order valence-corrected chi connectivity index (χ0v) is 15.9. The van der Waals surface area contributed by atoms with Crippen LogP contribution in [-0.2, 0) is 6.54 Å². The van der Waals surface area contributed by atoms with Gasteiger partial charge in [-0.15, -0.1) is 0 Å². The topological polar surface area (TPSA) is 35.9 Å². The van der Waals surface area contributed by atoms with E-state index in [1.807, 2.05) is 19.1 Å². The van der Waals surface area contributed by atoms with Crippen LogP contribution in [0.4, 0.5) is 0 Å². The number of hydrogen-bond acceptors (Lipinski definition) is 4. The Hall–Kier alpha value is -1.88. The fourth-order valence-electron chi connectivity index (χ4n) is 3.47. The minimum Gasteiger partial charge on any atom is -0.491 e. The first-order chi connectivity index (χ1) is 12.6. The van der Waals surface area contributed by atoms with Crippen molar-refractivity contribution in [2.24, 2.45) is 0 Å². The van der Waals surface area contributed by atoms with Gasteiger partial charge in [-0.05, 0) is 31.0 Å². The van der Waals surface area contributed by atoms with Crippen molar-refractivity contribution < 1.29 is 9.84 Å². The van der Waals surface area contributed by atoms with Crippen molar-refractivity contribution in [3.8, 4) is 5.75 Å². The molecule has 0 spiro atoms. The molecule has 2 aromatic rings. The fourth-order valence-corrected chi connectivity index (χ4v) is 3.47. The highest BCUT2D eigenvalue weighted by Gasteiger charge is 2.19. The van der Waals surface area contributed by atoms with Gasteiger partial charge < -0.3 is 9.84 Å². The molecule has 1 heterocycles. The lowest BCUT2D eigenvalue weighted by atomic mass is 10.1. The maximum atomic E-state index is 10.3. The first-order valence-corrected chi connectivity index (χ1v) is 9.47. The van der Waals surface area contributed by atoms with E-state index in [-0.39, 0.29) is 0 Å². The molecule has 26 heavy (non-hydrogen) atoms. The quantitative estimate of drug-likeness (QED) is 0.829. The van der Waals surface area contributed by atoms with Crippen molar-refractivity contribution >= 4 is 0 Å². The molecule has 0 aliphatic carbocycles. The number of β-amino-alcohol motifs (C(OH)–C–C–N with tert-alkyl or cyclic N) is 1. The van der Waals surface area contributed by atoms with Crippen LogP contribution in [0.15, 0.2) is 48.5 Å². The number of nitrogens with zero attached hydrogens (tertiary/aromatic N) is 2. The Morgan fingerprint density at radius 2 is 1.65 bits per heavy atom. The van der Waals surface area contributed by atoms with Gasteiger partial charge in [0.25, 0.3) is 0 Å². The van der Waals surface area contributed by atoms with Crippen molar-refractivity contribution in [2.75, 3.05) is 39.3 Å². The third-order valence-corrected chi connectivity index (χ3v) is 4.94. The van der Waals surface area contributed by atoms with Gasteiger partial charge in [0.1, 0.15) is 18.5 Å². The van der Waals surface area contributed by atoms with Crippen molar-refractivity contribution in [3.05, 3.63) is 65.2 Å². The zero-order valence-electron chi connectivity index (χ0n) is 15.9. The lowest BCUT2D eigenvalue weighted by molar-refractivity contribution is 0.0445. The number of aryl methyl sites for hydroxylation is 2. The molecular weight excluding hydrogens is 324 g/mol. The van der Waals surface area contributed by atoms with E-state index in [9.17, 15) is 5.11 Å². The van der Waals surface area contributed by atoms with E-state index in [0.717, 1.165) is 44.0 Å². The molecule has 0 bridgehead atoms. The molecule has 3 rings (SSSR count). The first kappa shape index (κ1) is 18.9. The van der Waals surface area contributed by atoms with Gasteiger partial charge in [-0.1, -0.05) is 48.0 Å². The monoisotopic (exact) mass is 354 g/mol. The largest absolute Gasteiger partial charge is 0.491 e. The SMILES string of the molecule is Cc1ccc(OCC(O)CN2CCN(Cc3ccccc3)CC2)c(C)c1. The summed E-state index contributed by atoms with van der Waals surface area (Å²) in [5.41, 5.74) is 3.71. The summed E-state index contributed by atoms with van der Waals surface area (Å²) in [5.74, 6) is 0.863. The number of aliphatic hydroxyl groups is 1. The van der Waals surface area contributed by atoms with Crippen LogP contribution < -0.4 is 4.74 Å². The molecule has 1 fully saturated rings. The summed E-state index contributed by atoms with van der Waals surface area (Å²) < 4.78 is 5.81. The molecule has 4 nitrogen and oxygen atoms in total. The lowest BCUT2D eigenvalue weighted by Crippen LogP contribution is -2.48. The molecular formula is C22H30N2O2. The summed E-state index contributed by atoms with van der Waals surface area (Å²) in [7, 11) is 0. The van der Waals surface area contributed by atoms with Gasteiger partial charge in [-0.3, -0.25) is 9.80 Å². The molecule has 0 radical (unpaired) electrons. The molecule has 1 saturated heterocycles. The summed E-state index contributed by atoms with van der Waals surface area (Å²) in [6.45, 7) is 10.2. The Kier molecular flexibility index (Phi) is 6.67. The van der Waals surface area contributed by atoms with E-state index in [1.54, 1.807) is 0 Å². The number of ether oxygens (including phenoxy) is 1. The molecule has 1 aliphatic heterocycles. The van der Waals surface area contributed by atoms with Crippen LogP contribution in [0.3, 0.4) is 0 Å². The van der Waals surface area contributed by atoms with Crippen molar-refractivity contribution in [1.29, 1.82) is 0 Å². The van der Waals surface area contributed by atoms with Crippen LogP contribution in [0.1, 0.15) is 16.7 Å². The minimum absolute atomic E-state index is 0.341. The van der Waals surface area contributed by atoms with Crippen molar-refractivity contribution in [3.63, 3.8) is 0 Å². The van der Waals surface area contributed by atoms with Gasteiger partial charge in [0.2, 0.25) is 0 Å². The number of benzene rings is 2. The van der Waals surface area contributed by atoms with Crippen LogP contribution in [0, 0.1) is 13.8 Å². The minimum atomic E-state index is -0.462. The van der Waals surface area contributed by atoms with Crippen LogP contribution in [0.25, 0.3) is 0 Å². The van der Waals surface area contributed by atoms with E-state index in [2.05, 4.69) is 53.1 Å². The maximum absolute atomic E-state index is 10.3. The molecule has 0 saturated carbocycles. The standard InChI is InChI=1S/C22H30N2O2/c1-18-8-9-22(19(2)14-18)26-17-21(25)16-24-12-10-23(11-13-24)15-20-6-4-3-5-7-20/h3-9,14,21,25H,10-13,15-17H2,1-2H3. The summed E-state index contributed by atoms with van der Waals surface area (Å²) in [5, 5.41) is 10.3. The highest BCUT2D eigenvalue weighted by atomic mass is 16.5. The molecule has 1 aliphatic rings. The predicted molar refractivity (Wildman–Crippen MR) is 106 cm³/mol. The zero-order chi connectivity index (χ0) is 18.4. The Morgan fingerprint density at radius 3 is 2.35 bits per heavy atom. The lowest BCUT2D eigenvalue weighted by Gasteiger charge is -2.35. The van der Waals surface area contributed by atoms with Gasteiger partial charge in [0.15, 0.2) is 0 Å². The van der Waals surface area contributed by atoms with Gasteiger partial charge in [-0.25, -0.2) is 0 Å². The van der Waals surface area contributed by atoms with Gasteiger partial charge in [0, 0.05) is 39.3 Å². The summed E-state index contributed by atoms with van der Waals surface area (Å²) in [4.78, 5) is 4.81. The summed E-state index contributed by atoms with van der Waals surface area (Å²) >= 11 is 0. The molecule has 1 N–H and O–H groups in total. The molecule has 1 unspecified atom stereocenters. The smallest absolute Gasteiger partial charge is 0.122 e. The van der Waals surface area contributed by atoms with E-state index < -0.39 is 6.10 Å². The molecule has 4 heteroatoms. The molecule has 2 aromatic carbocycles. The van der Waals surface area contributed by atoms with Crippen LogP contribution in [0.2, 0.25) is 0 Å². The molecule has 1 atom stereocenters. The maximum Gasteiger partial charge on any atom is 0.122 e. The Labute approximate surface area is 157 Å². The number of hydrogen-bond donors (Lipinski definition) is 1. The highest BCUT2D eigenvalue weighted by molar-refractivity contribution is 5.35. The predicted octanol–water partition coefficient (Wildman–Crippen LogP) is 2.86. The normalized spacial score (nSPS) is 17.2. The number of rotatable bonds is 7. The van der Waals surface area contributed by atoms with Crippen molar-refractivity contribution in [2.45, 2.75) is 26.5 Å². The van der Waals surface area contributed by atoms with Gasteiger partial charge >= 0.3 is 0 Å². The summed E-state index contributed by atoms with van der Waals surface area (Å²) in [6.07, 6.45) is -0.462. The second-order valence-electron chi connectivity index (χ2n) is 7.30.